The van der Waals surface area contributed by atoms with Gasteiger partial charge in [0.15, 0.2) is 0 Å². The maximum atomic E-state index is 14.0. The molecule has 1 aromatic heterocycles. The molecule has 0 bridgehead atoms. The molecule has 27 heavy (non-hydrogen) atoms. The van der Waals surface area contributed by atoms with Crippen molar-refractivity contribution in [1.82, 2.24) is 4.98 Å². The van der Waals surface area contributed by atoms with E-state index in [2.05, 4.69) is 9.88 Å². The van der Waals surface area contributed by atoms with Crippen molar-refractivity contribution < 1.29 is 13.9 Å². The quantitative estimate of drug-likeness (QED) is 0.663. The maximum absolute atomic E-state index is 14.0. The molecule has 0 atom stereocenters. The second kappa shape index (κ2) is 7.71. The molecule has 6 heteroatoms. The normalized spacial score (nSPS) is 14.6. The van der Waals surface area contributed by atoms with Crippen molar-refractivity contribution in [3.05, 3.63) is 64.6 Å². The highest BCUT2D eigenvalue weighted by Gasteiger charge is 2.19. The summed E-state index contributed by atoms with van der Waals surface area (Å²) in [6.07, 6.45) is 2.53. The summed E-state index contributed by atoms with van der Waals surface area (Å²) in [5.74, 6) is 0.385. The molecule has 2 heterocycles. The average molecular weight is 387 g/mol. The van der Waals surface area contributed by atoms with E-state index in [0.717, 1.165) is 40.8 Å². The third kappa shape index (κ3) is 3.70. The van der Waals surface area contributed by atoms with Gasteiger partial charge in [-0.25, -0.2) is 4.39 Å². The van der Waals surface area contributed by atoms with E-state index < -0.39 is 0 Å². The molecule has 4 rings (SSSR count). The van der Waals surface area contributed by atoms with Crippen molar-refractivity contribution in [3.63, 3.8) is 0 Å². The topological polar surface area (TPSA) is 34.6 Å². The number of benzene rings is 2. The van der Waals surface area contributed by atoms with Crippen LogP contribution in [0.2, 0.25) is 5.02 Å². The molecule has 1 fully saturated rings. The minimum atomic E-state index is -0.261. The van der Waals surface area contributed by atoms with Crippen LogP contribution < -0.4 is 9.64 Å². The molecule has 0 aliphatic carbocycles. The summed E-state index contributed by atoms with van der Waals surface area (Å²) in [7, 11) is 1.60. The fourth-order valence-electron chi connectivity index (χ4n) is 3.52. The molecule has 1 saturated heterocycles. The van der Waals surface area contributed by atoms with Crippen LogP contribution in [0.1, 0.15) is 11.1 Å². The molecular weight excluding hydrogens is 367 g/mol. The van der Waals surface area contributed by atoms with E-state index in [1.807, 2.05) is 24.4 Å². The van der Waals surface area contributed by atoms with Gasteiger partial charge in [0.1, 0.15) is 11.6 Å². The number of halogens is 2. The first-order valence-corrected chi connectivity index (χ1v) is 9.26. The molecule has 0 amide bonds. The number of hydrogen-bond donors (Lipinski definition) is 0. The number of anilines is 1. The number of nitrogens with zero attached hydrogens (tertiary/aromatic N) is 2. The minimum absolute atomic E-state index is 0.261. The van der Waals surface area contributed by atoms with Crippen LogP contribution in [0, 0.1) is 5.82 Å². The number of methoxy groups -OCH3 is 1. The molecule has 140 valence electrons. The predicted molar refractivity (Wildman–Crippen MR) is 106 cm³/mol. The maximum Gasteiger partial charge on any atom is 0.137 e. The largest absolute Gasteiger partial charge is 0.495 e. The van der Waals surface area contributed by atoms with Gasteiger partial charge < -0.3 is 14.4 Å². The van der Waals surface area contributed by atoms with Gasteiger partial charge in [0.05, 0.1) is 36.6 Å². The summed E-state index contributed by atoms with van der Waals surface area (Å²) in [6, 6.07) is 10.5. The van der Waals surface area contributed by atoms with E-state index in [1.54, 1.807) is 19.2 Å². The zero-order valence-corrected chi connectivity index (χ0v) is 15.8. The fourth-order valence-corrected chi connectivity index (χ4v) is 3.80. The number of ether oxygens (including phenoxy) is 2. The van der Waals surface area contributed by atoms with Gasteiger partial charge in [0.2, 0.25) is 0 Å². The Morgan fingerprint density at radius 1 is 1.19 bits per heavy atom. The number of morpholine rings is 1. The average Bonchev–Trinajstić information content (AvgIpc) is 2.68. The standard InChI is InChI=1S/C21H20ClFN2O2/c1-26-20-5-2-14(11-18(20)22)10-15-13-24-19-4-3-16(23)12-17(19)21(15)25-6-8-27-9-7-25/h2-5,11-13H,6-10H2,1H3. The summed E-state index contributed by atoms with van der Waals surface area (Å²) < 4.78 is 24.7. The van der Waals surface area contributed by atoms with Crippen LogP contribution in [0.3, 0.4) is 0 Å². The lowest BCUT2D eigenvalue weighted by atomic mass is 10.0. The first-order chi connectivity index (χ1) is 13.2. The highest BCUT2D eigenvalue weighted by Crippen LogP contribution is 2.33. The van der Waals surface area contributed by atoms with Crippen LogP contribution >= 0.6 is 11.6 Å². The van der Waals surface area contributed by atoms with E-state index in [1.165, 1.54) is 6.07 Å². The molecule has 1 aliphatic heterocycles. The van der Waals surface area contributed by atoms with Crippen molar-refractivity contribution >= 4 is 28.2 Å². The lowest BCUT2D eigenvalue weighted by Crippen LogP contribution is -2.37. The van der Waals surface area contributed by atoms with Crippen LogP contribution in [0.5, 0.6) is 5.75 Å². The lowest BCUT2D eigenvalue weighted by Gasteiger charge is -2.31. The van der Waals surface area contributed by atoms with E-state index in [0.29, 0.717) is 30.4 Å². The van der Waals surface area contributed by atoms with Gasteiger partial charge in [0, 0.05) is 31.1 Å². The van der Waals surface area contributed by atoms with Gasteiger partial charge >= 0.3 is 0 Å². The second-order valence-corrected chi connectivity index (χ2v) is 6.95. The van der Waals surface area contributed by atoms with Gasteiger partial charge in [0.25, 0.3) is 0 Å². The Bertz CT molecular complexity index is 974. The summed E-state index contributed by atoms with van der Waals surface area (Å²) in [5, 5.41) is 1.40. The monoisotopic (exact) mass is 386 g/mol. The van der Waals surface area contributed by atoms with Gasteiger partial charge in [-0.15, -0.1) is 0 Å². The van der Waals surface area contributed by atoms with Crippen LogP contribution in [0.15, 0.2) is 42.6 Å². The summed E-state index contributed by atoms with van der Waals surface area (Å²) in [4.78, 5) is 6.81. The minimum Gasteiger partial charge on any atom is -0.495 e. The third-order valence-electron chi connectivity index (χ3n) is 4.82. The zero-order valence-electron chi connectivity index (χ0n) is 15.0. The van der Waals surface area contributed by atoms with Crippen LogP contribution in [0.4, 0.5) is 10.1 Å². The second-order valence-electron chi connectivity index (χ2n) is 6.54. The van der Waals surface area contributed by atoms with E-state index in [9.17, 15) is 4.39 Å². The SMILES string of the molecule is COc1ccc(Cc2cnc3ccc(F)cc3c2N2CCOCC2)cc1Cl. The Morgan fingerprint density at radius 3 is 2.74 bits per heavy atom. The number of hydrogen-bond acceptors (Lipinski definition) is 4. The highest BCUT2D eigenvalue weighted by molar-refractivity contribution is 6.32. The lowest BCUT2D eigenvalue weighted by molar-refractivity contribution is 0.123. The molecule has 3 aromatic rings. The number of fused-ring (bicyclic) bond motifs is 1. The summed E-state index contributed by atoms with van der Waals surface area (Å²) >= 11 is 6.28. The Balaban J connectivity index is 1.80. The van der Waals surface area contributed by atoms with E-state index in [-0.39, 0.29) is 5.82 Å². The summed E-state index contributed by atoms with van der Waals surface area (Å²) in [5.41, 5.74) is 3.90. The molecule has 0 saturated carbocycles. The number of pyridine rings is 1. The molecular formula is C21H20ClFN2O2. The smallest absolute Gasteiger partial charge is 0.137 e. The molecule has 0 unspecified atom stereocenters. The zero-order chi connectivity index (χ0) is 18.8. The van der Waals surface area contributed by atoms with Crippen molar-refractivity contribution in [2.75, 3.05) is 38.3 Å². The van der Waals surface area contributed by atoms with Gasteiger partial charge in [-0.1, -0.05) is 17.7 Å². The van der Waals surface area contributed by atoms with Crippen LogP contribution in [0.25, 0.3) is 10.9 Å². The van der Waals surface area contributed by atoms with E-state index >= 15 is 0 Å². The van der Waals surface area contributed by atoms with Gasteiger partial charge in [-0.05, 0) is 41.5 Å². The number of rotatable bonds is 4. The number of aromatic nitrogens is 1. The summed E-state index contributed by atoms with van der Waals surface area (Å²) in [6.45, 7) is 2.86. The first kappa shape index (κ1) is 18.0. The molecule has 4 nitrogen and oxygen atoms in total. The molecule has 0 spiro atoms. The van der Waals surface area contributed by atoms with Crippen molar-refractivity contribution in [3.8, 4) is 5.75 Å². The van der Waals surface area contributed by atoms with Crippen molar-refractivity contribution in [2.24, 2.45) is 0 Å². The van der Waals surface area contributed by atoms with Crippen molar-refractivity contribution in [1.29, 1.82) is 0 Å². The molecule has 0 N–H and O–H groups in total. The first-order valence-electron chi connectivity index (χ1n) is 8.88. The van der Waals surface area contributed by atoms with Gasteiger partial charge in [-0.3, -0.25) is 4.98 Å². The molecule has 1 aliphatic rings. The molecule has 0 radical (unpaired) electrons. The third-order valence-corrected chi connectivity index (χ3v) is 5.11. The fraction of sp³-hybridized carbons (Fsp3) is 0.286. The predicted octanol–water partition coefficient (Wildman–Crippen LogP) is 4.46. The van der Waals surface area contributed by atoms with Crippen LogP contribution in [-0.4, -0.2) is 38.4 Å². The highest BCUT2D eigenvalue weighted by atomic mass is 35.5. The Hall–Kier alpha value is -2.37. The van der Waals surface area contributed by atoms with Crippen molar-refractivity contribution in [2.45, 2.75) is 6.42 Å². The van der Waals surface area contributed by atoms with Crippen LogP contribution in [-0.2, 0) is 11.2 Å². The Morgan fingerprint density at radius 2 is 2.00 bits per heavy atom. The Kier molecular flexibility index (Phi) is 5.14. The Labute approximate surface area is 162 Å². The molecule has 2 aromatic carbocycles. The van der Waals surface area contributed by atoms with E-state index in [4.69, 9.17) is 21.1 Å². The van der Waals surface area contributed by atoms with Gasteiger partial charge in [-0.2, -0.15) is 0 Å².